The topological polar surface area (TPSA) is 31.8 Å². The van der Waals surface area contributed by atoms with Gasteiger partial charge in [0, 0.05) is 57.5 Å². The van der Waals surface area contributed by atoms with Gasteiger partial charge in [-0.3, -0.25) is 4.90 Å². The van der Waals surface area contributed by atoms with Crippen LogP contribution >= 0.6 is 11.3 Å². The first-order chi connectivity index (χ1) is 12.3. The van der Waals surface area contributed by atoms with Gasteiger partial charge in [0.15, 0.2) is 5.13 Å². The van der Waals surface area contributed by atoms with Crippen LogP contribution in [0.15, 0.2) is 6.20 Å². The van der Waals surface area contributed by atoms with Crippen LogP contribution in [-0.4, -0.2) is 74.3 Å². The fourth-order valence-corrected chi connectivity index (χ4v) is 5.87. The van der Waals surface area contributed by atoms with E-state index >= 15 is 0 Å². The molecule has 0 bridgehead atoms. The lowest BCUT2D eigenvalue weighted by atomic mass is 9.79. The molecule has 0 saturated carbocycles. The lowest BCUT2D eigenvalue weighted by Crippen LogP contribution is -2.45. The van der Waals surface area contributed by atoms with Crippen molar-refractivity contribution in [2.45, 2.75) is 38.6 Å². The zero-order valence-electron chi connectivity index (χ0n) is 15.6. The van der Waals surface area contributed by atoms with E-state index in [1.807, 2.05) is 18.4 Å². The molecule has 0 unspecified atom stereocenters. The van der Waals surface area contributed by atoms with E-state index in [9.17, 15) is 0 Å². The van der Waals surface area contributed by atoms with Gasteiger partial charge in [-0.2, -0.15) is 0 Å². The van der Waals surface area contributed by atoms with Crippen LogP contribution in [0.4, 0.5) is 5.13 Å². The lowest BCUT2D eigenvalue weighted by molar-refractivity contribution is 0.0674. The van der Waals surface area contributed by atoms with Gasteiger partial charge in [0.1, 0.15) is 0 Å². The first-order valence-corrected chi connectivity index (χ1v) is 10.7. The van der Waals surface area contributed by atoms with Crippen molar-refractivity contribution < 1.29 is 4.74 Å². The fourth-order valence-electron chi connectivity index (χ4n) is 4.86. The Labute approximate surface area is 156 Å². The normalized spacial score (nSPS) is 28.4. The predicted molar refractivity (Wildman–Crippen MR) is 103 cm³/mol. The highest BCUT2D eigenvalue weighted by Gasteiger charge is 2.41. The molecule has 1 atom stereocenters. The Kier molecular flexibility index (Phi) is 5.60. The average Bonchev–Trinajstić information content (AvgIpc) is 3.35. The van der Waals surface area contributed by atoms with Gasteiger partial charge in [-0.1, -0.05) is 0 Å². The van der Waals surface area contributed by atoms with E-state index in [-0.39, 0.29) is 0 Å². The second-order valence-corrected chi connectivity index (χ2v) is 9.23. The zero-order chi connectivity index (χ0) is 17.1. The number of piperidine rings is 1. The van der Waals surface area contributed by atoms with Gasteiger partial charge in [0.2, 0.25) is 0 Å². The number of aromatic nitrogens is 1. The Hall–Kier alpha value is -0.690. The van der Waals surface area contributed by atoms with Crippen LogP contribution in [0.2, 0.25) is 0 Å². The summed E-state index contributed by atoms with van der Waals surface area (Å²) in [5.41, 5.74) is 0.522. The Balaban J connectivity index is 1.31. The molecular weight excluding hydrogens is 332 g/mol. The monoisotopic (exact) mass is 364 g/mol. The summed E-state index contributed by atoms with van der Waals surface area (Å²) in [6, 6.07) is 0. The van der Waals surface area contributed by atoms with Crippen molar-refractivity contribution in [2.24, 2.45) is 5.41 Å². The lowest BCUT2D eigenvalue weighted by Gasteiger charge is -2.40. The van der Waals surface area contributed by atoms with E-state index in [1.165, 1.54) is 81.4 Å². The number of hydrogen-bond donors (Lipinski definition) is 0. The van der Waals surface area contributed by atoms with Gasteiger partial charge in [-0.15, -0.1) is 11.3 Å². The molecule has 0 aliphatic carbocycles. The van der Waals surface area contributed by atoms with Crippen LogP contribution in [0.3, 0.4) is 0 Å². The predicted octanol–water partition coefficient (Wildman–Crippen LogP) is 2.68. The van der Waals surface area contributed by atoms with Gasteiger partial charge >= 0.3 is 0 Å². The van der Waals surface area contributed by atoms with Gasteiger partial charge in [-0.25, -0.2) is 4.98 Å². The molecule has 1 aromatic heterocycles. The second kappa shape index (κ2) is 7.91. The molecule has 0 amide bonds. The fraction of sp³-hybridized carbons (Fsp3) is 0.842. The first kappa shape index (κ1) is 17.7. The number of thiazole rings is 1. The van der Waals surface area contributed by atoms with Crippen LogP contribution in [0.1, 0.15) is 37.0 Å². The highest BCUT2D eigenvalue weighted by molar-refractivity contribution is 7.15. The SMILES string of the molecule is COCCN1CCC[C@]2(CCN(Cc3cnc(N4CCCC4)s3)C2)C1. The summed E-state index contributed by atoms with van der Waals surface area (Å²) in [7, 11) is 1.81. The number of rotatable bonds is 6. The third-order valence-electron chi connectivity index (χ3n) is 6.17. The van der Waals surface area contributed by atoms with Crippen molar-refractivity contribution in [3.63, 3.8) is 0 Å². The van der Waals surface area contributed by atoms with E-state index in [2.05, 4.69) is 25.9 Å². The summed E-state index contributed by atoms with van der Waals surface area (Å²) >= 11 is 1.91. The Morgan fingerprint density at radius 2 is 1.92 bits per heavy atom. The van der Waals surface area contributed by atoms with Crippen LogP contribution < -0.4 is 4.90 Å². The van der Waals surface area contributed by atoms with Gasteiger partial charge in [-0.05, 0) is 50.6 Å². The minimum absolute atomic E-state index is 0.522. The molecule has 1 spiro atoms. The summed E-state index contributed by atoms with van der Waals surface area (Å²) in [6.45, 7) is 10.4. The number of likely N-dealkylation sites (tertiary alicyclic amines) is 2. The number of nitrogens with zero attached hydrogens (tertiary/aromatic N) is 4. The van der Waals surface area contributed by atoms with E-state index in [1.54, 1.807) is 0 Å². The van der Waals surface area contributed by atoms with Crippen molar-refractivity contribution in [3.8, 4) is 0 Å². The van der Waals surface area contributed by atoms with E-state index in [4.69, 9.17) is 4.74 Å². The Bertz CT molecular complexity index is 559. The molecule has 140 valence electrons. The smallest absolute Gasteiger partial charge is 0.185 e. The maximum atomic E-state index is 5.28. The van der Waals surface area contributed by atoms with Crippen molar-refractivity contribution >= 4 is 16.5 Å². The Morgan fingerprint density at radius 1 is 1.08 bits per heavy atom. The molecule has 1 aromatic rings. The first-order valence-electron chi connectivity index (χ1n) is 9.90. The summed E-state index contributed by atoms with van der Waals surface area (Å²) in [4.78, 5) is 13.9. The minimum Gasteiger partial charge on any atom is -0.383 e. The summed E-state index contributed by atoms with van der Waals surface area (Å²) < 4.78 is 5.28. The highest BCUT2D eigenvalue weighted by atomic mass is 32.1. The minimum atomic E-state index is 0.522. The molecule has 3 aliphatic rings. The molecule has 3 aliphatic heterocycles. The quantitative estimate of drug-likeness (QED) is 0.775. The molecule has 4 rings (SSSR count). The molecule has 25 heavy (non-hydrogen) atoms. The molecular formula is C19H32N4OS. The van der Waals surface area contributed by atoms with Crippen molar-refractivity contribution in [3.05, 3.63) is 11.1 Å². The zero-order valence-corrected chi connectivity index (χ0v) is 16.4. The van der Waals surface area contributed by atoms with Crippen LogP contribution in [0, 0.1) is 5.41 Å². The third-order valence-corrected chi connectivity index (χ3v) is 7.21. The molecule has 3 fully saturated rings. The van der Waals surface area contributed by atoms with Gasteiger partial charge in [0.05, 0.1) is 6.61 Å². The summed E-state index contributed by atoms with van der Waals surface area (Å²) in [5, 5.41) is 1.24. The maximum Gasteiger partial charge on any atom is 0.185 e. The van der Waals surface area contributed by atoms with E-state index < -0.39 is 0 Å². The van der Waals surface area contributed by atoms with Crippen molar-refractivity contribution in [1.29, 1.82) is 0 Å². The Morgan fingerprint density at radius 3 is 2.76 bits per heavy atom. The average molecular weight is 365 g/mol. The molecule has 0 radical (unpaired) electrons. The molecule has 5 nitrogen and oxygen atoms in total. The largest absolute Gasteiger partial charge is 0.383 e. The standard InChI is InChI=1S/C19H32N4OS/c1-24-12-11-21-7-4-5-19(15-21)6-10-22(16-19)14-17-13-20-18(25-17)23-8-2-3-9-23/h13H,2-12,14-16H2,1H3/t19-/m0/s1. The molecule has 0 N–H and O–H groups in total. The summed E-state index contributed by atoms with van der Waals surface area (Å²) in [5.74, 6) is 0. The molecule has 4 heterocycles. The van der Waals surface area contributed by atoms with Crippen LogP contribution in [0.25, 0.3) is 0 Å². The molecule has 3 saturated heterocycles. The summed E-state index contributed by atoms with van der Waals surface area (Å²) in [6.07, 6.45) is 8.86. The van der Waals surface area contributed by atoms with Crippen LogP contribution in [-0.2, 0) is 11.3 Å². The molecule has 0 aromatic carbocycles. The maximum absolute atomic E-state index is 5.28. The van der Waals surface area contributed by atoms with E-state index in [0.29, 0.717) is 5.41 Å². The van der Waals surface area contributed by atoms with Gasteiger partial charge in [0.25, 0.3) is 0 Å². The number of methoxy groups -OCH3 is 1. The van der Waals surface area contributed by atoms with Crippen LogP contribution in [0.5, 0.6) is 0 Å². The van der Waals surface area contributed by atoms with E-state index in [0.717, 1.165) is 19.7 Å². The second-order valence-electron chi connectivity index (χ2n) is 8.14. The van der Waals surface area contributed by atoms with Crippen molar-refractivity contribution in [1.82, 2.24) is 14.8 Å². The number of ether oxygens (including phenoxy) is 1. The highest BCUT2D eigenvalue weighted by Crippen LogP contribution is 2.40. The number of anilines is 1. The van der Waals surface area contributed by atoms with Crippen molar-refractivity contribution in [2.75, 3.05) is 64.4 Å². The number of hydrogen-bond acceptors (Lipinski definition) is 6. The third kappa shape index (κ3) is 4.18. The molecule has 6 heteroatoms. The van der Waals surface area contributed by atoms with Gasteiger partial charge < -0.3 is 14.5 Å².